The van der Waals surface area contributed by atoms with Gasteiger partial charge in [-0.3, -0.25) is 4.99 Å². The second-order valence-electron chi connectivity index (χ2n) is 7.75. The Labute approximate surface area is 200 Å². The zero-order valence-corrected chi connectivity index (χ0v) is 20.9. The maximum atomic E-state index is 11.8. The number of carbonyl (C=O) groups excluding carboxylic acids is 1. The molecular formula is C23H30IN3O4. The number of ether oxygens (including phenoxy) is 3. The van der Waals surface area contributed by atoms with Gasteiger partial charge in [0, 0.05) is 25.6 Å². The van der Waals surface area contributed by atoms with Gasteiger partial charge in [0.25, 0.3) is 0 Å². The predicted octanol–water partition coefficient (Wildman–Crippen LogP) is 4.07. The van der Waals surface area contributed by atoms with Crippen LogP contribution < -0.4 is 20.1 Å². The summed E-state index contributed by atoms with van der Waals surface area (Å²) in [6.45, 7) is 4.69. The van der Waals surface area contributed by atoms with Crippen molar-refractivity contribution in [1.29, 1.82) is 0 Å². The fourth-order valence-electron chi connectivity index (χ4n) is 3.60. The number of guanidine groups is 1. The topological polar surface area (TPSA) is 81.2 Å². The van der Waals surface area contributed by atoms with Crippen molar-refractivity contribution in [2.75, 3.05) is 21.3 Å². The van der Waals surface area contributed by atoms with Crippen molar-refractivity contribution in [3.05, 3.63) is 59.2 Å². The minimum absolute atomic E-state index is 0. The molecule has 1 heterocycles. The zero-order chi connectivity index (χ0) is 21.7. The van der Waals surface area contributed by atoms with Gasteiger partial charge in [0.15, 0.2) is 5.96 Å². The molecule has 7 nitrogen and oxygen atoms in total. The van der Waals surface area contributed by atoms with Crippen LogP contribution in [0.15, 0.2) is 47.5 Å². The van der Waals surface area contributed by atoms with Gasteiger partial charge in [-0.2, -0.15) is 0 Å². The summed E-state index contributed by atoms with van der Waals surface area (Å²) in [5.74, 6) is 1.63. The molecule has 0 spiro atoms. The van der Waals surface area contributed by atoms with Gasteiger partial charge in [-0.05, 0) is 37.6 Å². The van der Waals surface area contributed by atoms with Crippen molar-refractivity contribution in [2.45, 2.75) is 38.5 Å². The Balaban J connectivity index is 0.00000341. The maximum Gasteiger partial charge on any atom is 0.341 e. The lowest BCUT2D eigenvalue weighted by molar-refractivity contribution is 0.0596. The van der Waals surface area contributed by atoms with Crippen LogP contribution in [0, 0.1) is 0 Å². The Kier molecular flexibility index (Phi) is 8.55. The maximum absolute atomic E-state index is 11.8. The number of hydrogen-bond donors (Lipinski definition) is 2. The van der Waals surface area contributed by atoms with Crippen molar-refractivity contribution in [1.82, 2.24) is 10.6 Å². The Hall–Kier alpha value is -2.49. The van der Waals surface area contributed by atoms with Crippen LogP contribution in [0.2, 0.25) is 0 Å². The van der Waals surface area contributed by atoms with E-state index in [-0.39, 0.29) is 35.6 Å². The lowest BCUT2D eigenvalue weighted by Crippen LogP contribution is -2.45. The molecule has 1 unspecified atom stereocenters. The zero-order valence-electron chi connectivity index (χ0n) is 18.5. The number of fused-ring (bicyclic) bond motifs is 1. The largest absolute Gasteiger partial charge is 0.496 e. The third-order valence-electron chi connectivity index (χ3n) is 5.04. The first-order valence-electron chi connectivity index (χ1n) is 9.87. The molecular weight excluding hydrogens is 509 g/mol. The molecule has 31 heavy (non-hydrogen) atoms. The number of hydrogen-bond acceptors (Lipinski definition) is 5. The molecule has 0 saturated carbocycles. The van der Waals surface area contributed by atoms with Gasteiger partial charge in [-0.15, -0.1) is 24.0 Å². The van der Waals surface area contributed by atoms with Crippen LogP contribution in [-0.2, 0) is 11.3 Å². The summed E-state index contributed by atoms with van der Waals surface area (Å²) in [5.41, 5.74) is 2.19. The van der Waals surface area contributed by atoms with Crippen LogP contribution in [0.5, 0.6) is 11.5 Å². The Morgan fingerprint density at radius 2 is 1.97 bits per heavy atom. The number of halogens is 1. The SMILES string of the molecule is CN=C(NCc1ccc(C(=O)OC)c(OC)c1)NC1CC(C)(C)Oc2ccccc21.I. The molecule has 0 saturated heterocycles. The van der Waals surface area contributed by atoms with Crippen molar-refractivity contribution in [2.24, 2.45) is 4.99 Å². The van der Waals surface area contributed by atoms with Crippen molar-refractivity contribution in [3.63, 3.8) is 0 Å². The van der Waals surface area contributed by atoms with Gasteiger partial charge < -0.3 is 24.8 Å². The highest BCUT2D eigenvalue weighted by Crippen LogP contribution is 2.39. The summed E-state index contributed by atoms with van der Waals surface area (Å²) in [6.07, 6.45) is 0.812. The third-order valence-corrected chi connectivity index (χ3v) is 5.04. The monoisotopic (exact) mass is 539 g/mol. The highest BCUT2D eigenvalue weighted by atomic mass is 127. The van der Waals surface area contributed by atoms with Crippen LogP contribution in [0.25, 0.3) is 0 Å². The number of para-hydroxylation sites is 1. The second kappa shape index (κ2) is 10.7. The van der Waals surface area contributed by atoms with Crippen LogP contribution >= 0.6 is 24.0 Å². The van der Waals surface area contributed by atoms with E-state index in [1.54, 1.807) is 13.1 Å². The van der Waals surface area contributed by atoms with E-state index in [2.05, 4.69) is 35.5 Å². The van der Waals surface area contributed by atoms with E-state index in [4.69, 9.17) is 14.2 Å². The molecule has 0 bridgehead atoms. The normalized spacial score (nSPS) is 16.8. The summed E-state index contributed by atoms with van der Waals surface area (Å²) in [5, 5.41) is 6.84. The molecule has 0 radical (unpaired) electrons. The van der Waals surface area contributed by atoms with Crippen LogP contribution in [0.1, 0.15) is 47.8 Å². The average Bonchev–Trinajstić information content (AvgIpc) is 2.74. The Morgan fingerprint density at radius 1 is 1.23 bits per heavy atom. The molecule has 3 rings (SSSR count). The number of methoxy groups -OCH3 is 2. The molecule has 1 aliphatic rings. The molecule has 0 fully saturated rings. The smallest absolute Gasteiger partial charge is 0.341 e. The number of esters is 1. The quantitative estimate of drug-likeness (QED) is 0.258. The van der Waals surface area contributed by atoms with Crippen LogP contribution in [-0.4, -0.2) is 38.8 Å². The number of nitrogens with one attached hydrogen (secondary N) is 2. The molecule has 2 aromatic rings. The lowest BCUT2D eigenvalue weighted by atomic mass is 9.90. The van der Waals surface area contributed by atoms with Crippen molar-refractivity contribution < 1.29 is 19.0 Å². The van der Waals surface area contributed by atoms with E-state index in [1.165, 1.54) is 14.2 Å². The van der Waals surface area contributed by atoms with Gasteiger partial charge >= 0.3 is 5.97 Å². The molecule has 8 heteroatoms. The van der Waals surface area contributed by atoms with Gasteiger partial charge in [-0.1, -0.05) is 24.3 Å². The standard InChI is InChI=1S/C23H29N3O4.HI/c1-23(2)13-18(16-8-6-7-9-19(16)30-23)26-22(24-3)25-14-15-10-11-17(21(27)29-5)20(12-15)28-4;/h6-12,18H,13-14H2,1-5H3,(H2,24,25,26);1H. The van der Waals surface area contributed by atoms with Crippen LogP contribution in [0.4, 0.5) is 0 Å². The fourth-order valence-corrected chi connectivity index (χ4v) is 3.60. The van der Waals surface area contributed by atoms with Gasteiger partial charge in [0.05, 0.1) is 20.3 Å². The van der Waals surface area contributed by atoms with Crippen LogP contribution in [0.3, 0.4) is 0 Å². The Morgan fingerprint density at radius 3 is 2.65 bits per heavy atom. The number of aliphatic imine (C=N–C) groups is 1. The van der Waals surface area contributed by atoms with E-state index >= 15 is 0 Å². The predicted molar refractivity (Wildman–Crippen MR) is 132 cm³/mol. The number of carbonyl (C=O) groups is 1. The minimum Gasteiger partial charge on any atom is -0.496 e. The Bertz CT molecular complexity index is 946. The van der Waals surface area contributed by atoms with E-state index in [0.29, 0.717) is 23.8 Å². The molecule has 0 aromatic heterocycles. The van der Waals surface area contributed by atoms with E-state index in [1.807, 2.05) is 30.3 Å². The molecule has 0 amide bonds. The van der Waals surface area contributed by atoms with E-state index in [0.717, 1.165) is 23.3 Å². The van der Waals surface area contributed by atoms with Crippen molar-refractivity contribution >= 4 is 35.9 Å². The summed E-state index contributed by atoms with van der Waals surface area (Å²) in [6, 6.07) is 13.5. The molecule has 1 atom stereocenters. The summed E-state index contributed by atoms with van der Waals surface area (Å²) in [7, 11) is 4.62. The second-order valence-corrected chi connectivity index (χ2v) is 7.75. The average molecular weight is 539 g/mol. The van der Waals surface area contributed by atoms with Gasteiger partial charge in [0.1, 0.15) is 22.7 Å². The first-order chi connectivity index (χ1) is 14.4. The molecule has 1 aliphatic heterocycles. The van der Waals surface area contributed by atoms with Gasteiger partial charge in [-0.25, -0.2) is 4.79 Å². The fraction of sp³-hybridized carbons (Fsp3) is 0.391. The molecule has 0 aliphatic carbocycles. The first-order valence-corrected chi connectivity index (χ1v) is 9.87. The highest BCUT2D eigenvalue weighted by molar-refractivity contribution is 14.0. The molecule has 2 N–H and O–H groups in total. The summed E-state index contributed by atoms with van der Waals surface area (Å²) in [4.78, 5) is 16.2. The third kappa shape index (κ3) is 6.03. The number of nitrogens with zero attached hydrogens (tertiary/aromatic N) is 1. The first kappa shape index (κ1) is 24.8. The van der Waals surface area contributed by atoms with E-state index in [9.17, 15) is 4.79 Å². The summed E-state index contributed by atoms with van der Waals surface area (Å²) >= 11 is 0. The van der Waals surface area contributed by atoms with Gasteiger partial charge in [0.2, 0.25) is 0 Å². The number of benzene rings is 2. The molecule has 168 valence electrons. The molecule has 2 aromatic carbocycles. The number of rotatable bonds is 5. The lowest BCUT2D eigenvalue weighted by Gasteiger charge is -2.38. The summed E-state index contributed by atoms with van der Waals surface area (Å²) < 4.78 is 16.2. The minimum atomic E-state index is -0.426. The highest BCUT2D eigenvalue weighted by Gasteiger charge is 2.33. The van der Waals surface area contributed by atoms with Crippen molar-refractivity contribution in [3.8, 4) is 11.5 Å². The van der Waals surface area contributed by atoms with E-state index < -0.39 is 5.97 Å².